The second-order valence-corrected chi connectivity index (χ2v) is 7.98. The number of aliphatic hydroxyl groups excluding tert-OH is 1. The van der Waals surface area contributed by atoms with Gasteiger partial charge in [0.1, 0.15) is 4.21 Å². The maximum Gasteiger partial charge on any atom is 0.306 e. The van der Waals surface area contributed by atoms with E-state index < -0.39 is 21.0 Å². The Kier molecular flexibility index (Phi) is 4.49. The van der Waals surface area contributed by atoms with Crippen LogP contribution in [0.25, 0.3) is 0 Å². The number of thiophene rings is 1. The van der Waals surface area contributed by atoms with Crippen molar-refractivity contribution in [3.63, 3.8) is 0 Å². The molecule has 0 aromatic carbocycles. The van der Waals surface area contributed by atoms with E-state index in [4.69, 9.17) is 5.84 Å². The average molecular weight is 336 g/mol. The van der Waals surface area contributed by atoms with Crippen molar-refractivity contribution in [2.45, 2.75) is 23.6 Å². The minimum Gasteiger partial charge on any atom is -0.395 e. The summed E-state index contributed by atoms with van der Waals surface area (Å²) in [6.45, 7) is 1.86. The number of nitrogens with zero attached hydrogens (tertiary/aromatic N) is 2. The van der Waals surface area contributed by atoms with Gasteiger partial charge in [0.15, 0.2) is 5.00 Å². The number of hydrogen-bond acceptors (Lipinski definition) is 8. The van der Waals surface area contributed by atoms with Gasteiger partial charge in [0.25, 0.3) is 10.0 Å². The molecule has 1 aliphatic heterocycles. The molecule has 21 heavy (non-hydrogen) atoms. The molecule has 118 valence electrons. The van der Waals surface area contributed by atoms with Gasteiger partial charge in [0, 0.05) is 12.6 Å². The number of nitrogen functional groups attached to an aromatic ring is 1. The summed E-state index contributed by atoms with van der Waals surface area (Å²) < 4.78 is 26.2. The first-order chi connectivity index (χ1) is 9.82. The van der Waals surface area contributed by atoms with Crippen LogP contribution < -0.4 is 11.3 Å². The van der Waals surface area contributed by atoms with Crippen LogP contribution in [0.15, 0.2) is 10.3 Å². The van der Waals surface area contributed by atoms with E-state index in [0.29, 0.717) is 17.8 Å². The van der Waals surface area contributed by atoms with Crippen molar-refractivity contribution in [2.75, 3.05) is 18.6 Å². The van der Waals surface area contributed by atoms with Crippen LogP contribution in [0, 0.1) is 16.0 Å². The third-order valence-electron chi connectivity index (χ3n) is 3.60. The lowest BCUT2D eigenvalue weighted by Gasteiger charge is -2.23. The van der Waals surface area contributed by atoms with Crippen LogP contribution in [0.5, 0.6) is 0 Å². The first-order valence-corrected chi connectivity index (χ1v) is 8.46. The zero-order valence-electron chi connectivity index (χ0n) is 11.2. The van der Waals surface area contributed by atoms with Crippen LogP contribution in [0.3, 0.4) is 0 Å². The first-order valence-electron chi connectivity index (χ1n) is 6.20. The molecule has 1 aromatic rings. The summed E-state index contributed by atoms with van der Waals surface area (Å²) in [5, 5.41) is 20.2. The van der Waals surface area contributed by atoms with Crippen LogP contribution in [0.4, 0.5) is 10.7 Å². The molecule has 0 aliphatic carbocycles. The van der Waals surface area contributed by atoms with E-state index in [9.17, 15) is 23.6 Å². The van der Waals surface area contributed by atoms with E-state index in [0.717, 1.165) is 6.07 Å². The number of hydrazine groups is 1. The van der Waals surface area contributed by atoms with Crippen molar-refractivity contribution in [3.8, 4) is 0 Å². The summed E-state index contributed by atoms with van der Waals surface area (Å²) >= 11 is 0.706. The van der Waals surface area contributed by atoms with Gasteiger partial charge in [-0.25, -0.2) is 14.3 Å². The number of anilines is 1. The summed E-state index contributed by atoms with van der Waals surface area (Å²) in [7, 11) is -3.89. The van der Waals surface area contributed by atoms with Gasteiger partial charge in [-0.05, 0) is 12.3 Å². The maximum atomic E-state index is 12.6. The van der Waals surface area contributed by atoms with Gasteiger partial charge < -0.3 is 10.5 Å². The van der Waals surface area contributed by atoms with E-state index in [2.05, 4.69) is 5.43 Å². The van der Waals surface area contributed by atoms with Crippen molar-refractivity contribution in [3.05, 3.63) is 16.2 Å². The number of nitrogens with one attached hydrogen (secondary N) is 1. The fraction of sp³-hybridized carbons (Fsp3) is 0.600. The minimum atomic E-state index is -3.89. The van der Waals surface area contributed by atoms with Crippen LogP contribution in [-0.2, 0) is 10.0 Å². The van der Waals surface area contributed by atoms with E-state index in [1.807, 2.05) is 6.92 Å². The van der Waals surface area contributed by atoms with Crippen LogP contribution in [0.2, 0.25) is 0 Å². The standard InChI is InChI=1S/C10H16N4O5S2/c1-6-2-3-13(8(6)5-15)21(18,19)9-4-7(14(16)17)10(12-11)20-9/h4,6,8,12,15H,2-3,5,11H2,1H3. The molecule has 0 bridgehead atoms. The Morgan fingerprint density at radius 3 is 2.81 bits per heavy atom. The lowest BCUT2D eigenvalue weighted by molar-refractivity contribution is -0.383. The summed E-state index contributed by atoms with van der Waals surface area (Å²) in [5.74, 6) is 5.22. The Morgan fingerprint density at radius 2 is 2.33 bits per heavy atom. The van der Waals surface area contributed by atoms with Gasteiger partial charge in [-0.3, -0.25) is 10.1 Å². The molecule has 1 fully saturated rings. The monoisotopic (exact) mass is 336 g/mol. The Morgan fingerprint density at radius 1 is 1.67 bits per heavy atom. The zero-order valence-corrected chi connectivity index (χ0v) is 12.9. The molecule has 9 nitrogen and oxygen atoms in total. The second-order valence-electron chi connectivity index (χ2n) is 4.81. The lowest BCUT2D eigenvalue weighted by atomic mass is 10.0. The van der Waals surface area contributed by atoms with Gasteiger partial charge in [0.2, 0.25) is 0 Å². The highest BCUT2D eigenvalue weighted by molar-refractivity contribution is 7.91. The Bertz CT molecular complexity index is 644. The molecular formula is C10H16N4O5S2. The molecule has 2 atom stereocenters. The maximum absolute atomic E-state index is 12.6. The van der Waals surface area contributed by atoms with E-state index in [1.54, 1.807) is 0 Å². The van der Waals surface area contributed by atoms with Gasteiger partial charge in [-0.1, -0.05) is 18.3 Å². The van der Waals surface area contributed by atoms with Crippen molar-refractivity contribution < 1.29 is 18.4 Å². The molecule has 1 aliphatic rings. The number of hydrogen-bond donors (Lipinski definition) is 3. The van der Waals surface area contributed by atoms with E-state index in [1.165, 1.54) is 4.31 Å². The number of sulfonamides is 1. The lowest BCUT2D eigenvalue weighted by Crippen LogP contribution is -2.39. The van der Waals surface area contributed by atoms with Gasteiger partial charge in [-0.15, -0.1) is 0 Å². The predicted molar refractivity (Wildman–Crippen MR) is 77.3 cm³/mol. The molecule has 1 saturated heterocycles. The Hall–Kier alpha value is -1.27. The fourth-order valence-electron chi connectivity index (χ4n) is 2.38. The van der Waals surface area contributed by atoms with Crippen LogP contribution >= 0.6 is 11.3 Å². The quantitative estimate of drug-likeness (QED) is 0.400. The van der Waals surface area contributed by atoms with Crippen LogP contribution in [-0.4, -0.2) is 41.9 Å². The van der Waals surface area contributed by atoms with Crippen molar-refractivity contribution in [1.29, 1.82) is 0 Å². The molecular weight excluding hydrogens is 320 g/mol. The predicted octanol–water partition coefficient (Wildman–Crippen LogP) is 0.333. The van der Waals surface area contributed by atoms with Crippen LogP contribution in [0.1, 0.15) is 13.3 Å². The van der Waals surface area contributed by atoms with E-state index in [-0.39, 0.29) is 34.0 Å². The summed E-state index contributed by atoms with van der Waals surface area (Å²) in [5.41, 5.74) is 1.76. The second kappa shape index (κ2) is 5.85. The average Bonchev–Trinajstić information content (AvgIpc) is 3.02. The number of nitrogens with two attached hydrogens (primary N) is 1. The molecule has 0 amide bonds. The number of aliphatic hydroxyl groups is 1. The summed E-state index contributed by atoms with van der Waals surface area (Å²) in [6.07, 6.45) is 0.639. The molecule has 1 aromatic heterocycles. The number of rotatable bonds is 5. The highest BCUT2D eigenvalue weighted by Gasteiger charge is 2.41. The van der Waals surface area contributed by atoms with Gasteiger partial charge >= 0.3 is 5.69 Å². The Labute approximate surface area is 125 Å². The highest BCUT2D eigenvalue weighted by atomic mass is 32.2. The SMILES string of the molecule is CC1CCN(S(=O)(=O)c2cc([N+](=O)[O-])c(NN)s2)C1CO. The molecule has 0 saturated carbocycles. The smallest absolute Gasteiger partial charge is 0.306 e. The van der Waals surface area contributed by atoms with Gasteiger partial charge in [0.05, 0.1) is 17.6 Å². The zero-order chi connectivity index (χ0) is 15.8. The minimum absolute atomic E-state index is 0.0219. The molecule has 4 N–H and O–H groups in total. The topological polar surface area (TPSA) is 139 Å². The number of nitro groups is 1. The third kappa shape index (κ3) is 2.74. The summed E-state index contributed by atoms with van der Waals surface area (Å²) in [4.78, 5) is 10.2. The molecule has 0 radical (unpaired) electrons. The van der Waals surface area contributed by atoms with Crippen molar-refractivity contribution >= 4 is 32.0 Å². The molecule has 2 unspecified atom stereocenters. The fourth-order valence-corrected chi connectivity index (χ4v) is 5.48. The summed E-state index contributed by atoms with van der Waals surface area (Å²) in [6, 6.07) is 0.484. The molecule has 2 rings (SSSR count). The molecule has 11 heteroatoms. The Balaban J connectivity index is 2.43. The molecule has 2 heterocycles. The molecule has 0 spiro atoms. The first kappa shape index (κ1) is 16.1. The van der Waals surface area contributed by atoms with E-state index >= 15 is 0 Å². The van der Waals surface area contributed by atoms with Crippen molar-refractivity contribution in [2.24, 2.45) is 11.8 Å². The van der Waals surface area contributed by atoms with Gasteiger partial charge in [-0.2, -0.15) is 4.31 Å². The largest absolute Gasteiger partial charge is 0.395 e. The third-order valence-corrected chi connectivity index (χ3v) is 7.03. The highest BCUT2D eigenvalue weighted by Crippen LogP contribution is 2.39. The normalized spacial score (nSPS) is 23.4. The van der Waals surface area contributed by atoms with Crippen molar-refractivity contribution in [1.82, 2.24) is 4.31 Å².